The van der Waals surface area contributed by atoms with Gasteiger partial charge in [-0.3, -0.25) is 9.78 Å². The largest absolute Gasteiger partial charge is 0.348 e. The topological polar surface area (TPSA) is 42.0 Å². The Morgan fingerprint density at radius 1 is 1.55 bits per heavy atom. The molecule has 1 amide bonds. The molecule has 2 aromatic heterocycles. The molecule has 3 rings (SSSR count). The Kier molecular flexibility index (Phi) is 3.76. The maximum absolute atomic E-state index is 12.3. The number of pyridine rings is 1. The summed E-state index contributed by atoms with van der Waals surface area (Å²) in [5.41, 5.74) is 3.35. The normalized spacial score (nSPS) is 17.6. The van der Waals surface area contributed by atoms with Crippen LogP contribution in [-0.4, -0.2) is 16.9 Å². The lowest BCUT2D eigenvalue weighted by Gasteiger charge is -2.24. The van der Waals surface area contributed by atoms with Gasteiger partial charge in [-0.2, -0.15) is 0 Å². The number of aromatic nitrogens is 1. The summed E-state index contributed by atoms with van der Waals surface area (Å²) in [6, 6.07) is 4.20. The standard InChI is InChI=1S/C15H15ClN2OS/c1-9-8-20-14(13(9)16)15(19)18-11-4-5-12-10(7-11)3-2-6-17-12/h2-3,6,8,11H,4-5,7H2,1H3,(H,18,19). The highest BCUT2D eigenvalue weighted by molar-refractivity contribution is 7.13. The number of aryl methyl sites for hydroxylation is 2. The van der Waals surface area contributed by atoms with Crippen LogP contribution in [0, 0.1) is 6.92 Å². The zero-order valence-electron chi connectivity index (χ0n) is 11.1. The highest BCUT2D eigenvalue weighted by atomic mass is 35.5. The van der Waals surface area contributed by atoms with Gasteiger partial charge in [0.1, 0.15) is 4.88 Å². The summed E-state index contributed by atoms with van der Waals surface area (Å²) in [5.74, 6) is -0.0644. The van der Waals surface area contributed by atoms with E-state index < -0.39 is 0 Å². The molecule has 20 heavy (non-hydrogen) atoms. The van der Waals surface area contributed by atoms with Gasteiger partial charge < -0.3 is 5.32 Å². The first-order valence-electron chi connectivity index (χ1n) is 6.62. The summed E-state index contributed by atoms with van der Waals surface area (Å²) in [4.78, 5) is 17.2. The summed E-state index contributed by atoms with van der Waals surface area (Å²) in [6.45, 7) is 1.91. The average molecular weight is 307 g/mol. The first-order valence-corrected chi connectivity index (χ1v) is 7.88. The van der Waals surface area contributed by atoms with Crippen molar-refractivity contribution in [2.24, 2.45) is 0 Å². The van der Waals surface area contributed by atoms with Gasteiger partial charge in [-0.1, -0.05) is 17.7 Å². The van der Waals surface area contributed by atoms with Crippen LogP contribution in [0.25, 0.3) is 0 Å². The molecule has 1 unspecified atom stereocenters. The van der Waals surface area contributed by atoms with E-state index in [2.05, 4.69) is 16.4 Å². The van der Waals surface area contributed by atoms with Crippen molar-refractivity contribution in [1.82, 2.24) is 10.3 Å². The molecule has 0 spiro atoms. The fraction of sp³-hybridized carbons (Fsp3) is 0.333. The van der Waals surface area contributed by atoms with Crippen molar-refractivity contribution in [3.63, 3.8) is 0 Å². The maximum atomic E-state index is 12.3. The summed E-state index contributed by atoms with van der Waals surface area (Å²) >= 11 is 7.54. The third-order valence-electron chi connectivity index (χ3n) is 3.62. The van der Waals surface area contributed by atoms with Gasteiger partial charge in [-0.25, -0.2) is 0 Å². The molecule has 2 aromatic rings. The smallest absolute Gasteiger partial charge is 0.263 e. The number of carbonyl (C=O) groups excluding carboxylic acids is 1. The zero-order valence-corrected chi connectivity index (χ0v) is 12.7. The molecule has 0 saturated carbocycles. The number of amides is 1. The summed E-state index contributed by atoms with van der Waals surface area (Å²) in [7, 11) is 0. The van der Waals surface area contributed by atoms with Gasteiger partial charge in [-0.05, 0) is 48.8 Å². The Labute approximate surface area is 127 Å². The average Bonchev–Trinajstić information content (AvgIpc) is 2.79. The number of hydrogen-bond acceptors (Lipinski definition) is 3. The van der Waals surface area contributed by atoms with E-state index in [9.17, 15) is 4.79 Å². The number of fused-ring (bicyclic) bond motifs is 1. The van der Waals surface area contributed by atoms with Crippen LogP contribution < -0.4 is 5.32 Å². The molecule has 0 bridgehead atoms. The van der Waals surface area contributed by atoms with Crippen LogP contribution in [0.2, 0.25) is 5.02 Å². The first kappa shape index (κ1) is 13.6. The first-order chi connectivity index (χ1) is 9.65. The molecule has 0 fully saturated rings. The molecule has 0 aliphatic heterocycles. The summed E-state index contributed by atoms with van der Waals surface area (Å²) in [5, 5.41) is 5.58. The van der Waals surface area contributed by atoms with Crippen LogP contribution in [0.15, 0.2) is 23.7 Å². The van der Waals surface area contributed by atoms with Gasteiger partial charge >= 0.3 is 0 Å². The van der Waals surface area contributed by atoms with Crippen molar-refractivity contribution >= 4 is 28.8 Å². The van der Waals surface area contributed by atoms with Crippen LogP contribution in [0.4, 0.5) is 0 Å². The highest BCUT2D eigenvalue weighted by Gasteiger charge is 2.23. The van der Waals surface area contributed by atoms with Gasteiger partial charge in [0, 0.05) is 17.9 Å². The minimum Gasteiger partial charge on any atom is -0.348 e. The van der Waals surface area contributed by atoms with E-state index in [0.29, 0.717) is 9.90 Å². The lowest BCUT2D eigenvalue weighted by molar-refractivity contribution is 0.0937. The van der Waals surface area contributed by atoms with Crippen molar-refractivity contribution in [3.05, 3.63) is 50.4 Å². The fourth-order valence-electron chi connectivity index (χ4n) is 2.52. The van der Waals surface area contributed by atoms with E-state index in [0.717, 1.165) is 30.5 Å². The van der Waals surface area contributed by atoms with Crippen LogP contribution >= 0.6 is 22.9 Å². The minimum atomic E-state index is -0.0644. The molecule has 3 nitrogen and oxygen atoms in total. The van der Waals surface area contributed by atoms with Gasteiger partial charge in [0.15, 0.2) is 0 Å². The molecule has 5 heteroatoms. The van der Waals surface area contributed by atoms with Gasteiger partial charge in [0.2, 0.25) is 0 Å². The van der Waals surface area contributed by atoms with Gasteiger partial charge in [-0.15, -0.1) is 11.3 Å². The molecule has 1 aliphatic rings. The molecule has 1 N–H and O–H groups in total. The summed E-state index contributed by atoms with van der Waals surface area (Å²) < 4.78 is 0. The van der Waals surface area contributed by atoms with Gasteiger partial charge in [0.05, 0.1) is 5.02 Å². The van der Waals surface area contributed by atoms with E-state index in [1.54, 1.807) is 0 Å². The molecule has 2 heterocycles. The summed E-state index contributed by atoms with van der Waals surface area (Å²) in [6.07, 6.45) is 4.51. The van der Waals surface area contributed by atoms with Crippen molar-refractivity contribution < 1.29 is 4.79 Å². The van der Waals surface area contributed by atoms with Crippen molar-refractivity contribution in [1.29, 1.82) is 0 Å². The second-order valence-corrected chi connectivity index (χ2v) is 6.34. The number of rotatable bonds is 2. The number of nitrogens with zero attached hydrogens (tertiary/aromatic N) is 1. The number of carbonyl (C=O) groups is 1. The number of thiophene rings is 1. The third-order valence-corrected chi connectivity index (χ3v) is 5.32. The van der Waals surface area contributed by atoms with E-state index in [-0.39, 0.29) is 11.9 Å². The number of nitrogens with one attached hydrogen (secondary N) is 1. The van der Waals surface area contributed by atoms with Crippen LogP contribution in [-0.2, 0) is 12.8 Å². The Morgan fingerprint density at radius 2 is 2.40 bits per heavy atom. The third kappa shape index (κ3) is 2.58. The van der Waals surface area contributed by atoms with E-state index in [1.807, 2.05) is 24.6 Å². The van der Waals surface area contributed by atoms with Gasteiger partial charge in [0.25, 0.3) is 5.91 Å². The van der Waals surface area contributed by atoms with E-state index >= 15 is 0 Å². The van der Waals surface area contributed by atoms with Crippen molar-refractivity contribution in [3.8, 4) is 0 Å². The lowest BCUT2D eigenvalue weighted by Crippen LogP contribution is -2.38. The quantitative estimate of drug-likeness (QED) is 0.924. The zero-order chi connectivity index (χ0) is 14.1. The second-order valence-electron chi connectivity index (χ2n) is 5.08. The van der Waals surface area contributed by atoms with Crippen molar-refractivity contribution in [2.75, 3.05) is 0 Å². The Bertz CT molecular complexity index is 653. The Morgan fingerprint density at radius 3 is 3.15 bits per heavy atom. The van der Waals surface area contributed by atoms with Crippen molar-refractivity contribution in [2.45, 2.75) is 32.2 Å². The Balaban J connectivity index is 1.71. The highest BCUT2D eigenvalue weighted by Crippen LogP contribution is 2.27. The van der Waals surface area contributed by atoms with E-state index in [4.69, 9.17) is 11.6 Å². The SMILES string of the molecule is Cc1csc(C(=O)NC2CCc3ncccc3C2)c1Cl. The second kappa shape index (κ2) is 5.54. The molecule has 1 aliphatic carbocycles. The predicted octanol–water partition coefficient (Wildman–Crippen LogP) is 3.39. The fourth-order valence-corrected chi connectivity index (χ4v) is 3.70. The molecule has 1 atom stereocenters. The molecule has 0 radical (unpaired) electrons. The molecule has 0 saturated heterocycles. The lowest BCUT2D eigenvalue weighted by atomic mass is 9.92. The minimum absolute atomic E-state index is 0.0644. The number of hydrogen-bond donors (Lipinski definition) is 1. The van der Waals surface area contributed by atoms with Crippen LogP contribution in [0.1, 0.15) is 32.9 Å². The van der Waals surface area contributed by atoms with Crippen LogP contribution in [0.3, 0.4) is 0 Å². The monoisotopic (exact) mass is 306 g/mol. The Hall–Kier alpha value is -1.39. The molecule has 0 aromatic carbocycles. The molecule has 104 valence electrons. The maximum Gasteiger partial charge on any atom is 0.263 e. The predicted molar refractivity (Wildman–Crippen MR) is 81.6 cm³/mol. The molecular weight excluding hydrogens is 292 g/mol. The molecular formula is C15H15ClN2OS. The van der Waals surface area contributed by atoms with Crippen LogP contribution in [0.5, 0.6) is 0 Å². The number of halogens is 1. The van der Waals surface area contributed by atoms with E-state index in [1.165, 1.54) is 16.9 Å².